The van der Waals surface area contributed by atoms with Crippen LogP contribution in [-0.4, -0.2) is 63.0 Å². The summed E-state index contributed by atoms with van der Waals surface area (Å²) in [5, 5.41) is 11.3. The first-order valence-electron chi connectivity index (χ1n) is 7.53. The van der Waals surface area contributed by atoms with Gasteiger partial charge < -0.3 is 29.5 Å². The standard InChI is InChI=1S/C16H24N2O6/c1-18(7-5-15(19)20)16(21)17-6-4-8-24-14-10-12(22-2)9-13(11-14)23-3/h9-11H,4-8H2,1-3H3,(H,17,21)(H,19,20). The number of hydrogen-bond donors (Lipinski definition) is 2. The molecule has 2 amide bonds. The van der Waals surface area contributed by atoms with Gasteiger partial charge in [-0.3, -0.25) is 4.79 Å². The van der Waals surface area contributed by atoms with Gasteiger partial charge in [0.05, 0.1) is 27.2 Å². The molecule has 0 spiro atoms. The Morgan fingerprint density at radius 2 is 1.71 bits per heavy atom. The third kappa shape index (κ3) is 7.08. The van der Waals surface area contributed by atoms with Crippen LogP contribution in [0.2, 0.25) is 0 Å². The number of aliphatic carboxylic acids is 1. The first kappa shape index (κ1) is 19.4. The summed E-state index contributed by atoms with van der Waals surface area (Å²) in [6, 6.07) is 4.95. The molecule has 0 heterocycles. The number of rotatable bonds is 10. The van der Waals surface area contributed by atoms with Gasteiger partial charge in [0.1, 0.15) is 17.2 Å². The van der Waals surface area contributed by atoms with Gasteiger partial charge in [-0.05, 0) is 6.42 Å². The van der Waals surface area contributed by atoms with Gasteiger partial charge >= 0.3 is 12.0 Å². The molecule has 1 rings (SSSR count). The number of nitrogens with zero attached hydrogens (tertiary/aromatic N) is 1. The summed E-state index contributed by atoms with van der Waals surface area (Å²) in [5.74, 6) is 0.961. The molecule has 134 valence electrons. The minimum Gasteiger partial charge on any atom is -0.496 e. The van der Waals surface area contributed by atoms with Crippen molar-refractivity contribution in [1.82, 2.24) is 10.2 Å². The molecule has 0 aromatic heterocycles. The topological polar surface area (TPSA) is 97.3 Å². The van der Waals surface area contributed by atoms with Gasteiger partial charge in [0.25, 0.3) is 0 Å². The Hall–Kier alpha value is -2.64. The van der Waals surface area contributed by atoms with E-state index in [1.54, 1.807) is 39.5 Å². The molecule has 0 bridgehead atoms. The Morgan fingerprint density at radius 1 is 1.12 bits per heavy atom. The quantitative estimate of drug-likeness (QED) is 0.628. The molecule has 0 fully saturated rings. The molecule has 0 aliphatic carbocycles. The number of urea groups is 1. The van der Waals surface area contributed by atoms with Gasteiger partial charge in [-0.15, -0.1) is 0 Å². The number of ether oxygens (including phenoxy) is 3. The first-order valence-corrected chi connectivity index (χ1v) is 7.53. The second kappa shape index (κ2) is 10.2. The van der Waals surface area contributed by atoms with E-state index in [0.717, 1.165) is 0 Å². The highest BCUT2D eigenvalue weighted by molar-refractivity contribution is 5.74. The second-order valence-electron chi connectivity index (χ2n) is 5.05. The highest BCUT2D eigenvalue weighted by Gasteiger charge is 2.09. The van der Waals surface area contributed by atoms with Crippen LogP contribution in [0.25, 0.3) is 0 Å². The zero-order valence-corrected chi connectivity index (χ0v) is 14.2. The highest BCUT2D eigenvalue weighted by Crippen LogP contribution is 2.27. The van der Waals surface area contributed by atoms with Gasteiger partial charge in [0.15, 0.2) is 0 Å². The number of nitrogens with one attached hydrogen (secondary N) is 1. The fourth-order valence-corrected chi connectivity index (χ4v) is 1.82. The summed E-state index contributed by atoms with van der Waals surface area (Å²) in [7, 11) is 4.68. The van der Waals surface area contributed by atoms with E-state index < -0.39 is 5.97 Å². The van der Waals surface area contributed by atoms with Crippen molar-refractivity contribution >= 4 is 12.0 Å². The van der Waals surface area contributed by atoms with E-state index in [2.05, 4.69) is 5.32 Å². The van der Waals surface area contributed by atoms with Gasteiger partial charge in [0.2, 0.25) is 0 Å². The monoisotopic (exact) mass is 340 g/mol. The van der Waals surface area contributed by atoms with Gasteiger partial charge in [-0.1, -0.05) is 0 Å². The molecular weight excluding hydrogens is 316 g/mol. The van der Waals surface area contributed by atoms with Crippen LogP contribution in [0.1, 0.15) is 12.8 Å². The van der Waals surface area contributed by atoms with Crippen LogP contribution in [0, 0.1) is 0 Å². The lowest BCUT2D eigenvalue weighted by Gasteiger charge is -2.17. The Balaban J connectivity index is 2.28. The van der Waals surface area contributed by atoms with E-state index in [1.807, 2.05) is 0 Å². The molecule has 1 aromatic rings. The Bertz CT molecular complexity index is 527. The molecule has 0 aliphatic heterocycles. The third-order valence-electron chi connectivity index (χ3n) is 3.20. The number of methoxy groups -OCH3 is 2. The van der Waals surface area contributed by atoms with Crippen LogP contribution in [0.15, 0.2) is 18.2 Å². The fraction of sp³-hybridized carbons (Fsp3) is 0.500. The zero-order chi connectivity index (χ0) is 17.9. The first-order chi connectivity index (χ1) is 11.5. The van der Waals surface area contributed by atoms with Crippen molar-refractivity contribution in [2.45, 2.75) is 12.8 Å². The smallest absolute Gasteiger partial charge is 0.317 e. The summed E-state index contributed by atoms with van der Waals surface area (Å²) < 4.78 is 15.9. The van der Waals surface area contributed by atoms with E-state index in [0.29, 0.717) is 36.8 Å². The minimum atomic E-state index is -0.934. The van der Waals surface area contributed by atoms with Crippen molar-refractivity contribution in [3.63, 3.8) is 0 Å². The zero-order valence-electron chi connectivity index (χ0n) is 14.2. The molecule has 0 saturated heterocycles. The van der Waals surface area contributed by atoms with E-state index in [9.17, 15) is 9.59 Å². The van der Waals surface area contributed by atoms with Crippen molar-refractivity contribution in [3.8, 4) is 17.2 Å². The molecule has 8 heteroatoms. The average molecular weight is 340 g/mol. The van der Waals surface area contributed by atoms with Crippen LogP contribution in [0.4, 0.5) is 4.79 Å². The molecule has 0 aliphatic rings. The third-order valence-corrected chi connectivity index (χ3v) is 3.20. The van der Waals surface area contributed by atoms with Crippen LogP contribution >= 0.6 is 0 Å². The van der Waals surface area contributed by atoms with Gasteiger partial charge in [-0.25, -0.2) is 4.79 Å². The second-order valence-corrected chi connectivity index (χ2v) is 5.05. The Labute approximate surface area is 141 Å². The van der Waals surface area contributed by atoms with E-state index in [1.165, 1.54) is 4.90 Å². The lowest BCUT2D eigenvalue weighted by atomic mass is 10.3. The SMILES string of the molecule is COc1cc(OC)cc(OCCCNC(=O)N(C)CCC(=O)O)c1. The van der Waals surface area contributed by atoms with Crippen molar-refractivity contribution in [2.75, 3.05) is 41.0 Å². The molecule has 0 unspecified atom stereocenters. The van der Waals surface area contributed by atoms with Crippen LogP contribution in [0.3, 0.4) is 0 Å². The maximum absolute atomic E-state index is 11.7. The average Bonchev–Trinajstić information content (AvgIpc) is 2.58. The maximum Gasteiger partial charge on any atom is 0.317 e. The predicted octanol–water partition coefficient (Wildman–Crippen LogP) is 1.59. The Kier molecular flexibility index (Phi) is 8.24. The van der Waals surface area contributed by atoms with Crippen LogP contribution in [-0.2, 0) is 4.79 Å². The van der Waals surface area contributed by atoms with Gasteiger partial charge in [0, 0.05) is 38.3 Å². The van der Waals surface area contributed by atoms with E-state index >= 15 is 0 Å². The van der Waals surface area contributed by atoms with Crippen molar-refractivity contribution in [1.29, 1.82) is 0 Å². The van der Waals surface area contributed by atoms with Crippen molar-refractivity contribution in [2.24, 2.45) is 0 Å². The molecule has 8 nitrogen and oxygen atoms in total. The number of carboxylic acid groups (broad SMARTS) is 1. The molecular formula is C16H24N2O6. The van der Waals surface area contributed by atoms with Crippen molar-refractivity contribution in [3.05, 3.63) is 18.2 Å². The van der Waals surface area contributed by atoms with Crippen LogP contribution < -0.4 is 19.5 Å². The summed E-state index contributed by atoms with van der Waals surface area (Å²) in [6.45, 7) is 1.01. The number of benzene rings is 1. The summed E-state index contributed by atoms with van der Waals surface area (Å²) >= 11 is 0. The maximum atomic E-state index is 11.7. The fourth-order valence-electron chi connectivity index (χ4n) is 1.82. The van der Waals surface area contributed by atoms with Crippen molar-refractivity contribution < 1.29 is 28.9 Å². The number of carbonyl (C=O) groups is 2. The molecule has 1 aromatic carbocycles. The van der Waals surface area contributed by atoms with E-state index in [-0.39, 0.29) is 19.0 Å². The summed E-state index contributed by atoms with van der Waals surface area (Å²) in [4.78, 5) is 23.5. The van der Waals surface area contributed by atoms with Gasteiger partial charge in [-0.2, -0.15) is 0 Å². The molecule has 24 heavy (non-hydrogen) atoms. The Morgan fingerprint density at radius 3 is 2.25 bits per heavy atom. The normalized spacial score (nSPS) is 9.96. The molecule has 2 N–H and O–H groups in total. The number of amides is 2. The molecule has 0 radical (unpaired) electrons. The number of carbonyl (C=O) groups excluding carboxylic acids is 1. The van der Waals surface area contributed by atoms with Crippen LogP contribution in [0.5, 0.6) is 17.2 Å². The number of carboxylic acids is 1. The highest BCUT2D eigenvalue weighted by atomic mass is 16.5. The largest absolute Gasteiger partial charge is 0.496 e. The lowest BCUT2D eigenvalue weighted by Crippen LogP contribution is -2.39. The predicted molar refractivity (Wildman–Crippen MR) is 87.9 cm³/mol. The summed E-state index contributed by atoms with van der Waals surface area (Å²) in [6.07, 6.45) is 0.530. The lowest BCUT2D eigenvalue weighted by molar-refractivity contribution is -0.137. The summed E-state index contributed by atoms with van der Waals surface area (Å²) in [5.41, 5.74) is 0. The number of hydrogen-bond acceptors (Lipinski definition) is 5. The van der Waals surface area contributed by atoms with E-state index in [4.69, 9.17) is 19.3 Å². The molecule has 0 saturated carbocycles. The molecule has 0 atom stereocenters. The minimum absolute atomic E-state index is 0.0787.